The van der Waals surface area contributed by atoms with Crippen LogP contribution in [0.5, 0.6) is 0 Å². The molecule has 2 heterocycles. The van der Waals surface area contributed by atoms with Gasteiger partial charge in [0, 0.05) is 30.1 Å². The van der Waals surface area contributed by atoms with Gasteiger partial charge in [-0.2, -0.15) is 0 Å². The van der Waals surface area contributed by atoms with E-state index in [0.717, 1.165) is 62.9 Å². The molecule has 6 nitrogen and oxygen atoms in total. The van der Waals surface area contributed by atoms with Crippen molar-refractivity contribution in [3.05, 3.63) is 41.7 Å². The summed E-state index contributed by atoms with van der Waals surface area (Å²) in [5.41, 5.74) is 0.0439. The molecule has 6 unspecified atom stereocenters. The third-order valence-electron chi connectivity index (χ3n) is 11.5. The first-order chi connectivity index (χ1) is 17.7. The number of carbonyl (C=O) groups is 1. The van der Waals surface area contributed by atoms with Gasteiger partial charge in [-0.3, -0.25) is 14.7 Å². The number of allylic oxidation sites excluding steroid dienone is 1. The molecule has 4 bridgehead atoms. The Labute approximate surface area is 221 Å². The molecule has 1 aromatic rings. The monoisotopic (exact) mass is 508 g/mol. The van der Waals surface area contributed by atoms with E-state index in [2.05, 4.69) is 49.8 Å². The third kappa shape index (κ3) is 3.21. The second-order valence-corrected chi connectivity index (χ2v) is 13.4. The van der Waals surface area contributed by atoms with Crippen molar-refractivity contribution in [3.63, 3.8) is 0 Å². The molecule has 9 atom stereocenters. The Morgan fingerprint density at radius 2 is 2.03 bits per heavy atom. The molecule has 4 fully saturated rings. The van der Waals surface area contributed by atoms with Crippen molar-refractivity contribution in [3.8, 4) is 0 Å². The van der Waals surface area contributed by atoms with Gasteiger partial charge in [-0.25, -0.2) is 0 Å². The van der Waals surface area contributed by atoms with Gasteiger partial charge in [0.05, 0.1) is 24.5 Å². The standard InChI is InChI=1S/C31H44N2O4/c1-19(2)26-13-21-14-29(18-34)25-10-8-20(3)24(25)15-30(21,31(26,29)28(35)36)27-11-9-23(37-27)17-33(4)16-22-7-5-6-12-32-22/h5-7,12-13,19-21,23-25,27,34H,8-11,14-18H2,1-4H3,(H,35,36)/t20-,21?,23?,24-,25-,27?,29?,30?,31?/m1/s1. The normalized spacial score (nSPS) is 44.0. The number of aliphatic hydroxyl groups excluding tert-OH is 1. The Hall–Kier alpha value is -1.76. The zero-order valence-corrected chi connectivity index (χ0v) is 22.9. The molecule has 1 aromatic heterocycles. The summed E-state index contributed by atoms with van der Waals surface area (Å²) in [6.45, 7) is 8.19. The molecule has 1 aliphatic heterocycles. The zero-order chi connectivity index (χ0) is 26.2. The lowest BCUT2D eigenvalue weighted by atomic mass is 9.41. The Kier molecular flexibility index (Phi) is 6.13. The fourth-order valence-corrected chi connectivity index (χ4v) is 10.5. The number of aliphatic hydroxyl groups is 1. The molecule has 202 valence electrons. The van der Waals surface area contributed by atoms with Crippen molar-refractivity contribution in [2.75, 3.05) is 20.2 Å². The van der Waals surface area contributed by atoms with Gasteiger partial charge in [0.15, 0.2) is 0 Å². The molecule has 0 spiro atoms. The lowest BCUT2D eigenvalue weighted by Gasteiger charge is -2.61. The van der Waals surface area contributed by atoms with Crippen LogP contribution in [0.15, 0.2) is 36.0 Å². The number of hydrogen-bond donors (Lipinski definition) is 2. The lowest BCUT2D eigenvalue weighted by molar-refractivity contribution is -0.205. The molecule has 0 amide bonds. The van der Waals surface area contributed by atoms with Gasteiger partial charge in [0.25, 0.3) is 0 Å². The van der Waals surface area contributed by atoms with Crippen LogP contribution in [-0.2, 0) is 16.1 Å². The Morgan fingerprint density at radius 1 is 1.22 bits per heavy atom. The number of carboxylic acids is 1. The van der Waals surface area contributed by atoms with Crippen LogP contribution < -0.4 is 0 Å². The van der Waals surface area contributed by atoms with Crippen molar-refractivity contribution in [2.45, 2.75) is 78.0 Å². The number of aromatic nitrogens is 1. The summed E-state index contributed by atoms with van der Waals surface area (Å²) in [5, 5.41) is 22.4. The molecule has 0 aromatic carbocycles. The average molecular weight is 509 g/mol. The molecule has 6 heteroatoms. The highest BCUT2D eigenvalue weighted by atomic mass is 16.5. The van der Waals surface area contributed by atoms with Crippen LogP contribution in [0.2, 0.25) is 0 Å². The number of aliphatic carboxylic acids is 1. The zero-order valence-electron chi connectivity index (χ0n) is 22.9. The van der Waals surface area contributed by atoms with E-state index in [9.17, 15) is 15.0 Å². The van der Waals surface area contributed by atoms with E-state index in [-0.39, 0.29) is 36.6 Å². The minimum absolute atomic E-state index is 0.0293. The molecule has 2 N–H and O–H groups in total. The van der Waals surface area contributed by atoms with Crippen molar-refractivity contribution < 1.29 is 19.7 Å². The van der Waals surface area contributed by atoms with Crippen LogP contribution in [-0.4, -0.2) is 58.5 Å². The Balaban J connectivity index is 1.35. The number of pyridine rings is 1. The molecular formula is C31H44N2O4. The predicted molar refractivity (Wildman–Crippen MR) is 142 cm³/mol. The van der Waals surface area contributed by atoms with E-state index in [4.69, 9.17) is 4.74 Å². The van der Waals surface area contributed by atoms with Gasteiger partial charge in [-0.05, 0) is 80.9 Å². The molecule has 37 heavy (non-hydrogen) atoms. The predicted octanol–water partition coefficient (Wildman–Crippen LogP) is 4.78. The van der Waals surface area contributed by atoms with Gasteiger partial charge in [0.1, 0.15) is 5.41 Å². The number of nitrogens with zero attached hydrogens (tertiary/aromatic N) is 2. The summed E-state index contributed by atoms with van der Waals surface area (Å²) in [6.07, 6.45) is 9.92. The summed E-state index contributed by atoms with van der Waals surface area (Å²) in [6, 6.07) is 6.01. The molecule has 4 aliphatic carbocycles. The highest BCUT2D eigenvalue weighted by Gasteiger charge is 2.85. The number of ether oxygens (including phenoxy) is 1. The van der Waals surface area contributed by atoms with Crippen molar-refractivity contribution in [1.29, 1.82) is 0 Å². The number of fused-ring (bicyclic) bond motifs is 2. The number of carboxylic acid groups (broad SMARTS) is 1. The van der Waals surface area contributed by atoms with Crippen molar-refractivity contribution in [1.82, 2.24) is 9.88 Å². The topological polar surface area (TPSA) is 82.9 Å². The smallest absolute Gasteiger partial charge is 0.315 e. The summed E-state index contributed by atoms with van der Waals surface area (Å²) in [7, 11) is 2.11. The maximum atomic E-state index is 13.7. The van der Waals surface area contributed by atoms with E-state index in [1.807, 2.05) is 18.3 Å². The summed E-state index contributed by atoms with van der Waals surface area (Å²) >= 11 is 0. The van der Waals surface area contributed by atoms with Crippen LogP contribution >= 0.6 is 0 Å². The van der Waals surface area contributed by atoms with Crippen molar-refractivity contribution >= 4 is 5.97 Å². The highest BCUT2D eigenvalue weighted by molar-refractivity contribution is 5.85. The molecule has 3 saturated carbocycles. The van der Waals surface area contributed by atoms with E-state index < -0.39 is 22.2 Å². The summed E-state index contributed by atoms with van der Waals surface area (Å²) in [5.74, 6) is 0.927. The van der Waals surface area contributed by atoms with Crippen LogP contribution in [0.3, 0.4) is 0 Å². The average Bonchev–Trinajstić information content (AvgIpc) is 3.59. The minimum atomic E-state index is -1.03. The van der Waals surface area contributed by atoms with Crippen LogP contribution in [0.25, 0.3) is 0 Å². The van der Waals surface area contributed by atoms with Gasteiger partial charge >= 0.3 is 5.97 Å². The fourth-order valence-electron chi connectivity index (χ4n) is 10.5. The second-order valence-electron chi connectivity index (χ2n) is 13.4. The van der Waals surface area contributed by atoms with Crippen LogP contribution in [0, 0.1) is 45.8 Å². The van der Waals surface area contributed by atoms with E-state index >= 15 is 0 Å². The van der Waals surface area contributed by atoms with Crippen molar-refractivity contribution in [2.24, 2.45) is 45.8 Å². The summed E-state index contributed by atoms with van der Waals surface area (Å²) < 4.78 is 6.95. The lowest BCUT2D eigenvalue weighted by Crippen LogP contribution is -2.65. The molecule has 6 rings (SSSR count). The van der Waals surface area contributed by atoms with Crippen LogP contribution in [0.1, 0.15) is 65.0 Å². The summed E-state index contributed by atoms with van der Waals surface area (Å²) in [4.78, 5) is 20.5. The largest absolute Gasteiger partial charge is 0.481 e. The number of likely N-dealkylation sites (N-methyl/N-ethyl adjacent to an activating group) is 1. The number of hydrogen-bond acceptors (Lipinski definition) is 5. The van der Waals surface area contributed by atoms with Gasteiger partial charge in [-0.15, -0.1) is 0 Å². The first-order valence-corrected chi connectivity index (χ1v) is 14.5. The van der Waals surface area contributed by atoms with E-state index in [1.54, 1.807) is 0 Å². The SMILES string of the molecule is CC(C)C1=CC2CC3(CO)[C@@H]4CC[C@@H](C)[C@H]4CC2(C2CCC(CN(C)Cc4ccccn4)O2)C13C(=O)O. The molecule has 1 saturated heterocycles. The third-order valence-corrected chi connectivity index (χ3v) is 11.5. The van der Waals surface area contributed by atoms with Gasteiger partial charge in [0.2, 0.25) is 0 Å². The second kappa shape index (κ2) is 8.89. The van der Waals surface area contributed by atoms with Crippen LogP contribution in [0.4, 0.5) is 0 Å². The quantitative estimate of drug-likeness (QED) is 0.492. The minimum Gasteiger partial charge on any atom is -0.481 e. The molecular weight excluding hydrogens is 464 g/mol. The maximum Gasteiger partial charge on any atom is 0.315 e. The Bertz CT molecular complexity index is 1070. The Morgan fingerprint density at radius 3 is 2.70 bits per heavy atom. The van der Waals surface area contributed by atoms with Gasteiger partial charge in [-0.1, -0.05) is 44.9 Å². The highest BCUT2D eigenvalue weighted by Crippen LogP contribution is 2.84. The van der Waals surface area contributed by atoms with E-state index in [1.165, 1.54) is 0 Å². The first-order valence-electron chi connectivity index (χ1n) is 14.5. The van der Waals surface area contributed by atoms with Gasteiger partial charge < -0.3 is 14.9 Å². The first kappa shape index (κ1) is 25.5. The fraction of sp³-hybridized carbons (Fsp3) is 0.742. The molecule has 5 aliphatic rings. The maximum absolute atomic E-state index is 13.7. The van der Waals surface area contributed by atoms with E-state index in [0.29, 0.717) is 11.8 Å². The number of rotatable bonds is 8. The molecule has 0 radical (unpaired) electrons.